The Hall–Kier alpha value is -4.09. The molecule has 4 aliphatic rings. The van der Waals surface area contributed by atoms with Crippen LogP contribution in [0.15, 0.2) is 36.4 Å². The fourth-order valence-electron chi connectivity index (χ4n) is 6.85. The Balaban J connectivity index is 1.33. The standard InChI is InChI=1S/C34H46N4O8/c39-30-29-20-26(46-34(44)37-19-18-23-12-8-9-13-24(23)21-37)22-38(29)31(40)27(36-33(43)45-25-14-10-11-15-25)16-6-4-2-1-3-5-7-17-28(35-30)32(41)42/h3,5,8-9,12-13,25-29H,1-2,4,6-7,10-11,14-22H2,(H,35,39)(H,36,43)(H,41,42)/t26-,27+,28-,29?/m1/s1. The molecule has 3 heterocycles. The number of carbonyl (C=O) groups excluding carboxylic acids is 4. The van der Waals surface area contributed by atoms with Gasteiger partial charge in [-0.25, -0.2) is 14.4 Å². The van der Waals surface area contributed by atoms with Crippen LogP contribution >= 0.6 is 0 Å². The number of hydrogen-bond donors (Lipinski definition) is 3. The molecule has 12 nitrogen and oxygen atoms in total. The number of nitrogens with one attached hydrogen (secondary N) is 2. The zero-order valence-electron chi connectivity index (χ0n) is 26.4. The molecule has 46 heavy (non-hydrogen) atoms. The second-order valence-electron chi connectivity index (χ2n) is 12.8. The fraction of sp³-hybridized carbons (Fsp3) is 0.618. The molecular weight excluding hydrogens is 592 g/mol. The number of aliphatic carboxylic acids is 1. The first-order valence-electron chi connectivity index (χ1n) is 16.8. The first-order chi connectivity index (χ1) is 22.3. The molecule has 1 aromatic rings. The Morgan fingerprint density at radius 2 is 1.61 bits per heavy atom. The van der Waals surface area contributed by atoms with Crippen LogP contribution in [0.2, 0.25) is 0 Å². The van der Waals surface area contributed by atoms with Gasteiger partial charge in [0.1, 0.15) is 30.3 Å². The van der Waals surface area contributed by atoms with E-state index in [9.17, 15) is 29.1 Å². The molecule has 1 aromatic carbocycles. The van der Waals surface area contributed by atoms with Crippen LogP contribution in [0.4, 0.5) is 9.59 Å². The van der Waals surface area contributed by atoms with E-state index in [0.717, 1.165) is 50.5 Å². The van der Waals surface area contributed by atoms with E-state index in [1.807, 2.05) is 36.4 Å². The SMILES string of the molecule is O=C(N[C@H]1CCCCCC=CCC[C@H](C(=O)O)NC(=O)C2C[C@@H](OC(=O)N3CCc4ccccc4C3)CN2C1=O)OC1CCCC1. The fourth-order valence-corrected chi connectivity index (χ4v) is 6.85. The van der Waals surface area contributed by atoms with Gasteiger partial charge in [-0.2, -0.15) is 0 Å². The maximum Gasteiger partial charge on any atom is 0.410 e. The van der Waals surface area contributed by atoms with Gasteiger partial charge in [-0.15, -0.1) is 0 Å². The Morgan fingerprint density at radius 3 is 2.39 bits per heavy atom. The number of fused-ring (bicyclic) bond motifs is 2. The summed E-state index contributed by atoms with van der Waals surface area (Å²) in [5.74, 6) is -2.27. The molecule has 3 N–H and O–H groups in total. The molecule has 0 radical (unpaired) electrons. The number of allylic oxidation sites excluding steroid dienone is 2. The number of rotatable bonds is 4. The molecule has 0 aromatic heterocycles. The summed E-state index contributed by atoms with van der Waals surface area (Å²) in [6.45, 7) is 0.834. The lowest BCUT2D eigenvalue weighted by molar-refractivity contribution is -0.144. The third-order valence-electron chi connectivity index (χ3n) is 9.44. The van der Waals surface area contributed by atoms with Gasteiger partial charge >= 0.3 is 18.2 Å². The number of carboxylic acids is 1. The molecule has 1 saturated heterocycles. The van der Waals surface area contributed by atoms with Gasteiger partial charge in [-0.05, 0) is 75.3 Å². The molecule has 4 atom stereocenters. The summed E-state index contributed by atoms with van der Waals surface area (Å²) in [5, 5.41) is 15.2. The van der Waals surface area contributed by atoms with Crippen molar-refractivity contribution in [2.75, 3.05) is 13.1 Å². The van der Waals surface area contributed by atoms with Crippen molar-refractivity contribution in [1.29, 1.82) is 0 Å². The van der Waals surface area contributed by atoms with Crippen LogP contribution in [0.25, 0.3) is 0 Å². The third-order valence-corrected chi connectivity index (χ3v) is 9.44. The highest BCUT2D eigenvalue weighted by Gasteiger charge is 2.45. The van der Waals surface area contributed by atoms with Gasteiger partial charge in [-0.3, -0.25) is 9.59 Å². The minimum absolute atomic E-state index is 0.0131. The minimum Gasteiger partial charge on any atom is -0.480 e. The third kappa shape index (κ3) is 8.79. The smallest absolute Gasteiger partial charge is 0.410 e. The second kappa shape index (κ2) is 16.0. The van der Waals surface area contributed by atoms with Crippen molar-refractivity contribution in [3.8, 4) is 0 Å². The molecule has 0 bridgehead atoms. The Labute approximate surface area is 269 Å². The van der Waals surface area contributed by atoms with Crippen molar-refractivity contribution in [2.45, 2.75) is 120 Å². The van der Waals surface area contributed by atoms with Crippen LogP contribution in [0.5, 0.6) is 0 Å². The normalized spacial score (nSPS) is 26.5. The van der Waals surface area contributed by atoms with Crippen LogP contribution in [-0.4, -0.2) is 88.3 Å². The first-order valence-corrected chi connectivity index (χ1v) is 16.8. The summed E-state index contributed by atoms with van der Waals surface area (Å²) in [5.41, 5.74) is 2.23. The lowest BCUT2D eigenvalue weighted by atomic mass is 10.0. The van der Waals surface area contributed by atoms with Gasteiger partial charge in [-0.1, -0.05) is 49.3 Å². The Kier molecular flexibility index (Phi) is 11.5. The summed E-state index contributed by atoms with van der Waals surface area (Å²) in [7, 11) is 0. The molecule has 1 unspecified atom stereocenters. The molecular formula is C34H46N4O8. The van der Waals surface area contributed by atoms with Crippen molar-refractivity contribution in [3.63, 3.8) is 0 Å². The lowest BCUT2D eigenvalue weighted by Crippen LogP contribution is -2.55. The van der Waals surface area contributed by atoms with Gasteiger partial charge in [0.2, 0.25) is 11.8 Å². The van der Waals surface area contributed by atoms with Gasteiger partial charge in [0.25, 0.3) is 0 Å². The van der Waals surface area contributed by atoms with Gasteiger partial charge in [0, 0.05) is 19.5 Å². The van der Waals surface area contributed by atoms with Crippen molar-refractivity contribution in [3.05, 3.63) is 47.5 Å². The van der Waals surface area contributed by atoms with Crippen LogP contribution < -0.4 is 10.6 Å². The largest absolute Gasteiger partial charge is 0.480 e. The van der Waals surface area contributed by atoms with Crippen molar-refractivity contribution in [1.82, 2.24) is 20.4 Å². The maximum atomic E-state index is 14.1. The number of benzene rings is 1. The first kappa shape index (κ1) is 33.3. The molecule has 2 fully saturated rings. The topological polar surface area (TPSA) is 155 Å². The number of amides is 4. The summed E-state index contributed by atoms with van der Waals surface area (Å²) in [6, 6.07) is 4.75. The van der Waals surface area contributed by atoms with Crippen molar-refractivity contribution >= 4 is 30.0 Å². The van der Waals surface area contributed by atoms with Gasteiger partial charge < -0.3 is 35.0 Å². The van der Waals surface area contributed by atoms with Crippen molar-refractivity contribution in [2.24, 2.45) is 0 Å². The zero-order valence-corrected chi connectivity index (χ0v) is 26.4. The van der Waals surface area contributed by atoms with Crippen LogP contribution in [0.3, 0.4) is 0 Å². The average Bonchev–Trinajstić information content (AvgIpc) is 3.71. The van der Waals surface area contributed by atoms with E-state index < -0.39 is 54.2 Å². The zero-order chi connectivity index (χ0) is 32.5. The monoisotopic (exact) mass is 638 g/mol. The molecule has 0 spiro atoms. The van der Waals surface area contributed by atoms with Gasteiger partial charge in [0.15, 0.2) is 0 Å². The maximum absolute atomic E-state index is 14.1. The van der Waals surface area contributed by atoms with E-state index >= 15 is 0 Å². The molecule has 250 valence electrons. The van der Waals surface area contributed by atoms with Crippen molar-refractivity contribution < 1.29 is 38.6 Å². The summed E-state index contributed by atoms with van der Waals surface area (Å²) in [6.07, 6.45) is 10.2. The predicted octanol–water partition coefficient (Wildman–Crippen LogP) is 4.06. The van der Waals surface area contributed by atoms with Crippen LogP contribution in [0, 0.1) is 0 Å². The second-order valence-corrected chi connectivity index (χ2v) is 12.8. The average molecular weight is 639 g/mol. The summed E-state index contributed by atoms with van der Waals surface area (Å²) < 4.78 is 11.5. The number of carboxylic acid groups (broad SMARTS) is 1. The highest BCUT2D eigenvalue weighted by molar-refractivity contribution is 5.93. The van der Waals surface area contributed by atoms with Crippen LogP contribution in [-0.2, 0) is 36.8 Å². The Morgan fingerprint density at radius 1 is 0.870 bits per heavy atom. The number of ether oxygens (including phenoxy) is 2. The minimum atomic E-state index is -1.17. The highest BCUT2D eigenvalue weighted by atomic mass is 16.6. The molecule has 1 aliphatic carbocycles. The Bertz CT molecular complexity index is 1300. The van der Waals surface area contributed by atoms with E-state index in [0.29, 0.717) is 38.8 Å². The summed E-state index contributed by atoms with van der Waals surface area (Å²) >= 11 is 0. The number of nitrogens with zero attached hydrogens (tertiary/aromatic N) is 2. The molecule has 3 aliphatic heterocycles. The predicted molar refractivity (Wildman–Crippen MR) is 168 cm³/mol. The molecule has 1 saturated carbocycles. The quantitative estimate of drug-likeness (QED) is 0.418. The highest BCUT2D eigenvalue weighted by Crippen LogP contribution is 2.26. The van der Waals surface area contributed by atoms with Gasteiger partial charge in [0.05, 0.1) is 6.54 Å². The summed E-state index contributed by atoms with van der Waals surface area (Å²) in [4.78, 5) is 68.9. The van der Waals surface area contributed by atoms with E-state index in [-0.39, 0.29) is 25.5 Å². The van der Waals surface area contributed by atoms with E-state index in [1.165, 1.54) is 10.5 Å². The molecule has 5 rings (SSSR count). The van der Waals surface area contributed by atoms with Crippen LogP contribution in [0.1, 0.15) is 88.2 Å². The number of hydrogen-bond acceptors (Lipinski definition) is 7. The number of alkyl carbamates (subject to hydrolysis) is 1. The van der Waals surface area contributed by atoms with E-state index in [2.05, 4.69) is 10.6 Å². The van der Waals surface area contributed by atoms with E-state index in [1.54, 1.807) is 4.90 Å². The van der Waals surface area contributed by atoms with E-state index in [4.69, 9.17) is 9.47 Å². The lowest BCUT2D eigenvalue weighted by Gasteiger charge is -2.30. The number of carbonyl (C=O) groups is 5. The molecule has 4 amide bonds. The molecule has 12 heteroatoms.